The number of hydrogen-bond donors (Lipinski definition) is 1. The van der Waals surface area contributed by atoms with E-state index in [-0.39, 0.29) is 11.8 Å². The molecule has 2 heterocycles. The van der Waals surface area contributed by atoms with Crippen LogP contribution < -0.4 is 4.72 Å². The summed E-state index contributed by atoms with van der Waals surface area (Å²) in [4.78, 5) is 15.2. The van der Waals surface area contributed by atoms with Gasteiger partial charge in [-0.15, -0.1) is 11.3 Å². The van der Waals surface area contributed by atoms with E-state index in [1.54, 1.807) is 18.2 Å². The van der Waals surface area contributed by atoms with Gasteiger partial charge < -0.3 is 4.90 Å². The number of amides is 1. The Kier molecular flexibility index (Phi) is 4.52. The average Bonchev–Trinajstić information content (AvgIpc) is 3.39. The number of aryl methyl sites for hydroxylation is 1. The topological polar surface area (TPSA) is 66.5 Å². The molecule has 7 heteroatoms. The maximum absolute atomic E-state index is 12.7. The Morgan fingerprint density at radius 2 is 2.00 bits per heavy atom. The van der Waals surface area contributed by atoms with Gasteiger partial charge in [-0.2, -0.15) is 0 Å². The minimum absolute atomic E-state index is 0.200. The van der Waals surface area contributed by atoms with Crippen molar-refractivity contribution >= 4 is 33.0 Å². The summed E-state index contributed by atoms with van der Waals surface area (Å²) >= 11 is 1.32. The predicted octanol–water partition coefficient (Wildman–Crippen LogP) is 3.41. The van der Waals surface area contributed by atoms with Gasteiger partial charge in [-0.25, -0.2) is 8.42 Å². The van der Waals surface area contributed by atoms with Crippen molar-refractivity contribution < 1.29 is 13.2 Å². The van der Waals surface area contributed by atoms with Crippen LogP contribution in [0.5, 0.6) is 0 Å². The van der Waals surface area contributed by atoms with Crippen LogP contribution in [0, 0.1) is 5.92 Å². The summed E-state index contributed by atoms with van der Waals surface area (Å²) in [6.45, 7) is 3.28. The summed E-state index contributed by atoms with van der Waals surface area (Å²) < 4.78 is 28.4. The molecule has 2 aromatic rings. The van der Waals surface area contributed by atoms with Crippen LogP contribution in [0.25, 0.3) is 0 Å². The Hall–Kier alpha value is -1.86. The molecule has 138 valence electrons. The zero-order chi connectivity index (χ0) is 18.3. The van der Waals surface area contributed by atoms with Crippen molar-refractivity contribution in [2.45, 2.75) is 43.4 Å². The monoisotopic (exact) mass is 390 g/mol. The molecule has 1 N–H and O–H groups in total. The molecule has 1 amide bonds. The lowest BCUT2D eigenvalue weighted by atomic mass is 10.1. The number of nitrogens with one attached hydrogen (secondary N) is 1. The standard InChI is InChI=1S/C19H22N2O3S2/c1-2-13-3-7-16(8-4-13)20-26(23,24)18-11-15-12-21(10-9-17(15)25-18)19(22)14-5-6-14/h3-4,7-8,11,14,20H,2,5-6,9-10,12H2,1H3. The summed E-state index contributed by atoms with van der Waals surface area (Å²) in [6.07, 6.45) is 3.64. The minimum atomic E-state index is -3.60. The van der Waals surface area contributed by atoms with Gasteiger partial charge >= 0.3 is 0 Å². The highest BCUT2D eigenvalue weighted by molar-refractivity contribution is 7.94. The molecular weight excluding hydrogens is 368 g/mol. The second-order valence-electron chi connectivity index (χ2n) is 6.95. The van der Waals surface area contributed by atoms with Crippen molar-refractivity contribution in [3.8, 4) is 0 Å². The van der Waals surface area contributed by atoms with Crippen LogP contribution in [0.2, 0.25) is 0 Å². The van der Waals surface area contributed by atoms with E-state index in [9.17, 15) is 13.2 Å². The van der Waals surface area contributed by atoms with Crippen molar-refractivity contribution in [1.82, 2.24) is 4.90 Å². The van der Waals surface area contributed by atoms with Crippen molar-refractivity contribution in [2.75, 3.05) is 11.3 Å². The zero-order valence-electron chi connectivity index (χ0n) is 14.7. The number of fused-ring (bicyclic) bond motifs is 1. The van der Waals surface area contributed by atoms with E-state index in [0.29, 0.717) is 23.0 Å². The van der Waals surface area contributed by atoms with Gasteiger partial charge in [-0.3, -0.25) is 9.52 Å². The zero-order valence-corrected chi connectivity index (χ0v) is 16.3. The Morgan fingerprint density at radius 1 is 1.27 bits per heavy atom. The van der Waals surface area contributed by atoms with E-state index in [4.69, 9.17) is 0 Å². The first-order valence-corrected chi connectivity index (χ1v) is 11.3. The molecule has 4 rings (SSSR count). The van der Waals surface area contributed by atoms with Crippen molar-refractivity contribution in [3.63, 3.8) is 0 Å². The molecule has 0 saturated heterocycles. The van der Waals surface area contributed by atoms with E-state index in [1.165, 1.54) is 16.9 Å². The summed E-state index contributed by atoms with van der Waals surface area (Å²) in [7, 11) is -3.60. The maximum atomic E-state index is 12.7. The fourth-order valence-corrected chi connectivity index (χ4v) is 5.83. The van der Waals surface area contributed by atoms with Crippen LogP contribution in [0.4, 0.5) is 5.69 Å². The molecule has 0 spiro atoms. The first-order chi connectivity index (χ1) is 12.5. The van der Waals surface area contributed by atoms with Crippen LogP contribution in [0.15, 0.2) is 34.5 Å². The van der Waals surface area contributed by atoms with Gasteiger partial charge in [-0.05, 0) is 55.0 Å². The minimum Gasteiger partial charge on any atom is -0.338 e. The van der Waals surface area contributed by atoms with E-state index in [0.717, 1.165) is 36.1 Å². The number of hydrogen-bond acceptors (Lipinski definition) is 4. The summed E-state index contributed by atoms with van der Waals surface area (Å²) in [5.41, 5.74) is 2.70. The molecule has 5 nitrogen and oxygen atoms in total. The number of carbonyl (C=O) groups is 1. The fraction of sp³-hybridized carbons (Fsp3) is 0.421. The molecule has 0 radical (unpaired) electrons. The highest BCUT2D eigenvalue weighted by Gasteiger charge is 2.35. The summed E-state index contributed by atoms with van der Waals surface area (Å²) in [5.74, 6) is 0.423. The van der Waals surface area contributed by atoms with Crippen molar-refractivity contribution in [2.24, 2.45) is 5.92 Å². The quantitative estimate of drug-likeness (QED) is 0.851. The number of rotatable bonds is 5. The normalized spacial score (nSPS) is 17.0. The number of carbonyl (C=O) groups excluding carboxylic acids is 1. The molecular formula is C19H22N2O3S2. The third kappa shape index (κ3) is 3.50. The predicted molar refractivity (Wildman–Crippen MR) is 103 cm³/mol. The SMILES string of the molecule is CCc1ccc(NS(=O)(=O)c2cc3c(s2)CCN(C(=O)C2CC2)C3)cc1. The van der Waals surface area contributed by atoms with E-state index in [1.807, 2.05) is 17.0 Å². The van der Waals surface area contributed by atoms with Gasteiger partial charge in [0.2, 0.25) is 5.91 Å². The van der Waals surface area contributed by atoms with Crippen LogP contribution in [-0.4, -0.2) is 25.8 Å². The van der Waals surface area contributed by atoms with Crippen LogP contribution in [0.1, 0.15) is 35.8 Å². The van der Waals surface area contributed by atoms with Crippen LogP contribution >= 0.6 is 11.3 Å². The average molecular weight is 391 g/mol. The Morgan fingerprint density at radius 3 is 2.65 bits per heavy atom. The summed E-state index contributed by atoms with van der Waals surface area (Å²) in [5, 5.41) is 0. The lowest BCUT2D eigenvalue weighted by molar-refractivity contribution is -0.133. The lowest BCUT2D eigenvalue weighted by Gasteiger charge is -2.26. The van der Waals surface area contributed by atoms with Gasteiger partial charge in [0.15, 0.2) is 0 Å². The molecule has 1 aromatic carbocycles. The molecule has 0 unspecified atom stereocenters. The van der Waals surface area contributed by atoms with Gasteiger partial charge in [0.05, 0.1) is 0 Å². The van der Waals surface area contributed by atoms with Gasteiger partial charge in [0.25, 0.3) is 10.0 Å². The second kappa shape index (κ2) is 6.70. The van der Waals surface area contributed by atoms with Gasteiger partial charge in [0.1, 0.15) is 4.21 Å². The Balaban J connectivity index is 1.51. The molecule has 1 aliphatic carbocycles. The highest BCUT2D eigenvalue weighted by atomic mass is 32.2. The molecule has 26 heavy (non-hydrogen) atoms. The van der Waals surface area contributed by atoms with Crippen LogP contribution in [-0.2, 0) is 34.2 Å². The number of benzene rings is 1. The first-order valence-electron chi connectivity index (χ1n) is 8.98. The van der Waals surface area contributed by atoms with Crippen LogP contribution in [0.3, 0.4) is 0 Å². The third-order valence-corrected chi connectivity index (χ3v) is 8.05. The Labute approximate surface area is 158 Å². The molecule has 0 bridgehead atoms. The summed E-state index contributed by atoms with van der Waals surface area (Å²) in [6, 6.07) is 9.17. The molecule has 1 fully saturated rings. The lowest BCUT2D eigenvalue weighted by Crippen LogP contribution is -2.36. The number of sulfonamides is 1. The van der Waals surface area contributed by atoms with E-state index >= 15 is 0 Å². The molecule has 1 aliphatic heterocycles. The first kappa shape index (κ1) is 17.5. The molecule has 1 aromatic heterocycles. The molecule has 2 aliphatic rings. The number of thiophene rings is 1. The largest absolute Gasteiger partial charge is 0.338 e. The van der Waals surface area contributed by atoms with E-state index in [2.05, 4.69) is 11.6 Å². The second-order valence-corrected chi connectivity index (χ2v) is 10.00. The number of nitrogens with zero attached hydrogens (tertiary/aromatic N) is 1. The number of anilines is 1. The third-order valence-electron chi connectivity index (χ3n) is 4.96. The van der Waals surface area contributed by atoms with Gasteiger partial charge in [0, 0.05) is 29.6 Å². The highest BCUT2D eigenvalue weighted by Crippen LogP contribution is 2.36. The van der Waals surface area contributed by atoms with Crippen molar-refractivity contribution in [3.05, 3.63) is 46.3 Å². The Bertz CT molecular complexity index is 928. The van der Waals surface area contributed by atoms with Gasteiger partial charge in [-0.1, -0.05) is 19.1 Å². The molecule has 1 saturated carbocycles. The maximum Gasteiger partial charge on any atom is 0.271 e. The molecule has 0 atom stereocenters. The smallest absolute Gasteiger partial charge is 0.271 e. The fourth-order valence-electron chi connectivity index (χ4n) is 3.23. The van der Waals surface area contributed by atoms with Crippen molar-refractivity contribution in [1.29, 1.82) is 0 Å². The van der Waals surface area contributed by atoms with E-state index < -0.39 is 10.0 Å².